The first-order valence-corrected chi connectivity index (χ1v) is 8.05. The normalized spacial score (nSPS) is 16.3. The molecule has 1 aliphatic carbocycles. The number of hydrogen-bond acceptors (Lipinski definition) is 1. The Morgan fingerprint density at radius 2 is 2.00 bits per heavy atom. The lowest BCUT2D eigenvalue weighted by Crippen LogP contribution is -2.03. The van der Waals surface area contributed by atoms with E-state index in [0.29, 0.717) is 6.61 Å². The maximum atomic E-state index is 5.86. The molecule has 0 saturated heterocycles. The molecule has 0 aromatic heterocycles. The molecular weight excluding hydrogens is 268 g/mol. The summed E-state index contributed by atoms with van der Waals surface area (Å²) in [5, 5.41) is 0. The van der Waals surface area contributed by atoms with Crippen LogP contribution in [0.2, 0.25) is 0 Å². The fourth-order valence-corrected chi connectivity index (χ4v) is 1.86. The molecule has 0 aromatic carbocycles. The molecule has 1 aliphatic rings. The van der Waals surface area contributed by atoms with Crippen molar-refractivity contribution in [1.82, 2.24) is 0 Å². The molecule has 0 unspecified atom stereocenters. The van der Waals surface area contributed by atoms with Crippen molar-refractivity contribution >= 4 is 0 Å². The average Bonchev–Trinajstić information content (AvgIpc) is 2.63. The fraction of sp³-hybridized carbons (Fsp3) is 0.429. The summed E-state index contributed by atoms with van der Waals surface area (Å²) < 4.78 is 5.86. The number of allylic oxidation sites excluding steroid dienone is 8. The van der Waals surface area contributed by atoms with Crippen molar-refractivity contribution in [1.29, 1.82) is 0 Å². The van der Waals surface area contributed by atoms with E-state index < -0.39 is 0 Å². The van der Waals surface area contributed by atoms with E-state index in [4.69, 9.17) is 4.74 Å². The van der Waals surface area contributed by atoms with E-state index >= 15 is 0 Å². The van der Waals surface area contributed by atoms with Gasteiger partial charge in [0, 0.05) is 6.42 Å². The molecule has 0 N–H and O–H groups in total. The second-order valence-corrected chi connectivity index (χ2v) is 6.59. The van der Waals surface area contributed by atoms with Gasteiger partial charge in [-0.05, 0) is 48.5 Å². The molecule has 0 saturated carbocycles. The van der Waals surface area contributed by atoms with Gasteiger partial charge in [0.25, 0.3) is 0 Å². The van der Waals surface area contributed by atoms with Crippen LogP contribution in [-0.2, 0) is 4.74 Å². The summed E-state index contributed by atoms with van der Waals surface area (Å²) in [6, 6.07) is 0. The monoisotopic (exact) mass is 298 g/mol. The highest BCUT2D eigenvalue weighted by molar-refractivity contribution is 5.35. The van der Waals surface area contributed by atoms with Crippen molar-refractivity contribution in [3.8, 4) is 0 Å². The topological polar surface area (TPSA) is 9.23 Å². The number of ether oxygens (including phenoxy) is 1. The smallest absolute Gasteiger partial charge is 0.112 e. The summed E-state index contributed by atoms with van der Waals surface area (Å²) in [6.45, 7) is 15.5. The van der Waals surface area contributed by atoms with Crippen LogP contribution >= 0.6 is 0 Å². The highest BCUT2D eigenvalue weighted by Gasteiger charge is 2.08. The van der Waals surface area contributed by atoms with Gasteiger partial charge in [-0.15, -0.1) is 0 Å². The molecule has 120 valence electrons. The minimum absolute atomic E-state index is 0.251. The van der Waals surface area contributed by atoms with E-state index in [2.05, 4.69) is 71.6 Å². The van der Waals surface area contributed by atoms with Crippen molar-refractivity contribution < 1.29 is 4.74 Å². The summed E-state index contributed by atoms with van der Waals surface area (Å²) in [5.41, 5.74) is 3.78. The molecule has 0 heterocycles. The second kappa shape index (κ2) is 8.63. The number of rotatable bonds is 7. The standard InChI is InChI=1S/C21H30O/c1-7-21(5,6)14-9-8-11-17(2)16-22-20-13-10-12-18(3)19(4)15-20/h8-12,14-15H,2,7,13,16H2,1,3-6H3/b11-8-,14-9-. The van der Waals surface area contributed by atoms with Crippen LogP contribution in [0.3, 0.4) is 0 Å². The minimum atomic E-state index is 0.251. The van der Waals surface area contributed by atoms with Gasteiger partial charge in [-0.3, -0.25) is 0 Å². The zero-order chi connectivity index (χ0) is 16.6. The molecule has 0 radical (unpaired) electrons. The lowest BCUT2D eigenvalue weighted by molar-refractivity contribution is 0.237. The third-order valence-corrected chi connectivity index (χ3v) is 4.03. The van der Waals surface area contributed by atoms with Crippen LogP contribution < -0.4 is 0 Å². The van der Waals surface area contributed by atoms with Gasteiger partial charge in [0.05, 0.1) is 0 Å². The van der Waals surface area contributed by atoms with Gasteiger partial charge >= 0.3 is 0 Å². The lowest BCUT2D eigenvalue weighted by atomic mass is 9.90. The zero-order valence-corrected chi connectivity index (χ0v) is 14.8. The molecule has 1 nitrogen and oxygen atoms in total. The molecule has 0 aromatic rings. The van der Waals surface area contributed by atoms with Crippen LogP contribution in [0.4, 0.5) is 0 Å². The van der Waals surface area contributed by atoms with Crippen LogP contribution in [0.5, 0.6) is 0 Å². The van der Waals surface area contributed by atoms with E-state index in [1.54, 1.807) is 0 Å². The third-order valence-electron chi connectivity index (χ3n) is 4.03. The van der Waals surface area contributed by atoms with E-state index in [1.165, 1.54) is 11.1 Å². The molecule has 0 spiro atoms. The largest absolute Gasteiger partial charge is 0.493 e. The van der Waals surface area contributed by atoms with Gasteiger partial charge in [0.15, 0.2) is 0 Å². The average molecular weight is 298 g/mol. The van der Waals surface area contributed by atoms with Gasteiger partial charge in [-0.2, -0.15) is 0 Å². The first kappa shape index (κ1) is 18.3. The van der Waals surface area contributed by atoms with E-state index in [-0.39, 0.29) is 5.41 Å². The highest BCUT2D eigenvalue weighted by Crippen LogP contribution is 2.21. The summed E-state index contributed by atoms with van der Waals surface area (Å²) in [5.74, 6) is 1.00. The van der Waals surface area contributed by atoms with Gasteiger partial charge < -0.3 is 4.74 Å². The minimum Gasteiger partial charge on any atom is -0.493 e. The Balaban J connectivity index is 2.47. The summed E-state index contributed by atoms with van der Waals surface area (Å²) in [6.07, 6.45) is 16.8. The van der Waals surface area contributed by atoms with E-state index in [9.17, 15) is 0 Å². The van der Waals surface area contributed by atoms with Crippen molar-refractivity contribution in [3.63, 3.8) is 0 Å². The van der Waals surface area contributed by atoms with Crippen molar-refractivity contribution in [2.24, 2.45) is 5.41 Å². The SMILES string of the molecule is C=C(/C=C\C=C/C(C)(C)CC)COC1=CC(C)=C(C)C=CC1. The first-order valence-electron chi connectivity index (χ1n) is 8.05. The molecule has 0 amide bonds. The Morgan fingerprint density at radius 3 is 2.68 bits per heavy atom. The van der Waals surface area contributed by atoms with Crippen molar-refractivity contribution in [2.75, 3.05) is 6.61 Å². The Hall–Kier alpha value is -1.76. The summed E-state index contributed by atoms with van der Waals surface area (Å²) in [7, 11) is 0. The molecule has 1 heteroatoms. The van der Waals surface area contributed by atoms with Crippen LogP contribution in [-0.4, -0.2) is 6.61 Å². The van der Waals surface area contributed by atoms with Crippen molar-refractivity contribution in [2.45, 2.75) is 47.5 Å². The highest BCUT2D eigenvalue weighted by atomic mass is 16.5. The van der Waals surface area contributed by atoms with Gasteiger partial charge in [-0.25, -0.2) is 0 Å². The molecule has 0 fully saturated rings. The molecule has 0 atom stereocenters. The second-order valence-electron chi connectivity index (χ2n) is 6.59. The Morgan fingerprint density at radius 1 is 1.27 bits per heavy atom. The van der Waals surface area contributed by atoms with Crippen LogP contribution in [0.25, 0.3) is 0 Å². The lowest BCUT2D eigenvalue weighted by Gasteiger charge is -2.16. The van der Waals surface area contributed by atoms with Crippen LogP contribution in [0, 0.1) is 5.41 Å². The first-order chi connectivity index (χ1) is 10.3. The summed E-state index contributed by atoms with van der Waals surface area (Å²) >= 11 is 0. The van der Waals surface area contributed by atoms with E-state index in [1.807, 2.05) is 12.2 Å². The Bertz CT molecular complexity index is 536. The molecule has 0 bridgehead atoms. The predicted octanol–water partition coefficient (Wildman–Crippen LogP) is 6.29. The molecule has 22 heavy (non-hydrogen) atoms. The molecule has 0 aliphatic heterocycles. The maximum Gasteiger partial charge on any atom is 0.112 e. The predicted molar refractivity (Wildman–Crippen MR) is 97.7 cm³/mol. The van der Waals surface area contributed by atoms with E-state index in [0.717, 1.165) is 24.2 Å². The quantitative estimate of drug-likeness (QED) is 0.502. The zero-order valence-electron chi connectivity index (χ0n) is 14.8. The summed E-state index contributed by atoms with van der Waals surface area (Å²) in [4.78, 5) is 0. The Kier molecular flexibility index (Phi) is 7.17. The van der Waals surface area contributed by atoms with Crippen molar-refractivity contribution in [3.05, 3.63) is 71.6 Å². The maximum absolute atomic E-state index is 5.86. The third kappa shape index (κ3) is 6.80. The Labute approximate surface area is 136 Å². The molecular formula is C21H30O. The van der Waals surface area contributed by atoms with Crippen LogP contribution in [0.15, 0.2) is 71.6 Å². The van der Waals surface area contributed by atoms with Gasteiger partial charge in [0.1, 0.15) is 12.4 Å². The van der Waals surface area contributed by atoms with Gasteiger partial charge in [0.2, 0.25) is 0 Å². The fourth-order valence-electron chi connectivity index (χ4n) is 1.86. The number of hydrogen-bond donors (Lipinski definition) is 0. The van der Waals surface area contributed by atoms with Gasteiger partial charge in [-0.1, -0.05) is 63.8 Å². The van der Waals surface area contributed by atoms with Crippen LogP contribution in [0.1, 0.15) is 47.5 Å². The molecule has 1 rings (SSSR count).